The quantitative estimate of drug-likeness (QED) is 0.787. The molecule has 0 aliphatic carbocycles. The Morgan fingerprint density at radius 2 is 2.05 bits per heavy atom. The minimum Gasteiger partial charge on any atom is -0.482 e. The highest BCUT2D eigenvalue weighted by Gasteiger charge is 2.10. The zero-order valence-corrected chi connectivity index (χ0v) is 13.2. The summed E-state index contributed by atoms with van der Waals surface area (Å²) in [4.78, 5) is 11.3. The number of rotatable bonds is 7. The molecule has 0 bridgehead atoms. The number of esters is 1. The highest BCUT2D eigenvalue weighted by Crippen LogP contribution is 2.25. The molecule has 1 aromatic rings. The molecule has 5 heteroatoms. The third-order valence-electron chi connectivity index (χ3n) is 2.82. The van der Waals surface area contributed by atoms with E-state index in [1.165, 1.54) is 5.56 Å². The van der Waals surface area contributed by atoms with Crippen molar-refractivity contribution in [1.29, 1.82) is 0 Å². The maximum absolute atomic E-state index is 11.3. The summed E-state index contributed by atoms with van der Waals surface area (Å²) < 4.78 is 10.4. The second-order valence-electron chi connectivity index (χ2n) is 4.65. The van der Waals surface area contributed by atoms with Crippen LogP contribution in [0, 0.1) is 0 Å². The molecule has 0 spiro atoms. The molecule has 2 N–H and O–H groups in total. The summed E-state index contributed by atoms with van der Waals surface area (Å²) >= 11 is 0. The van der Waals surface area contributed by atoms with Crippen molar-refractivity contribution >= 4 is 18.4 Å². The predicted molar refractivity (Wildman–Crippen MR) is 82.7 cm³/mol. The van der Waals surface area contributed by atoms with Crippen LogP contribution in [-0.2, 0) is 16.0 Å². The standard InChI is InChI=1S/C15H23NO3.ClH/c1-4-18-15(17)10-19-14-9-13(11(2)3)6-5-12(14)7-8-16;/h5-6,9,11H,4,7-8,10,16H2,1-3H3;1H. The van der Waals surface area contributed by atoms with E-state index in [2.05, 4.69) is 19.9 Å². The Labute approximate surface area is 127 Å². The minimum atomic E-state index is -0.351. The zero-order chi connectivity index (χ0) is 14.3. The lowest BCUT2D eigenvalue weighted by Gasteiger charge is -2.14. The van der Waals surface area contributed by atoms with Crippen LogP contribution in [0.15, 0.2) is 18.2 Å². The van der Waals surface area contributed by atoms with Crippen molar-refractivity contribution in [3.63, 3.8) is 0 Å². The largest absolute Gasteiger partial charge is 0.482 e. The van der Waals surface area contributed by atoms with Gasteiger partial charge in [0.1, 0.15) is 5.75 Å². The third-order valence-corrected chi connectivity index (χ3v) is 2.82. The van der Waals surface area contributed by atoms with Crippen LogP contribution in [0.3, 0.4) is 0 Å². The van der Waals surface area contributed by atoms with Crippen LogP contribution >= 0.6 is 12.4 Å². The Morgan fingerprint density at radius 1 is 1.35 bits per heavy atom. The summed E-state index contributed by atoms with van der Waals surface area (Å²) in [5, 5.41) is 0. The van der Waals surface area contributed by atoms with Crippen molar-refractivity contribution in [1.82, 2.24) is 0 Å². The maximum Gasteiger partial charge on any atom is 0.344 e. The molecule has 0 fully saturated rings. The van der Waals surface area contributed by atoms with Crippen LogP contribution in [-0.4, -0.2) is 25.7 Å². The number of carbonyl (C=O) groups is 1. The summed E-state index contributed by atoms with van der Waals surface area (Å²) in [7, 11) is 0. The Bertz CT molecular complexity index is 422. The second-order valence-corrected chi connectivity index (χ2v) is 4.65. The van der Waals surface area contributed by atoms with Gasteiger partial charge in [-0.2, -0.15) is 0 Å². The molecule has 0 radical (unpaired) electrons. The Morgan fingerprint density at radius 3 is 2.60 bits per heavy atom. The fourth-order valence-electron chi connectivity index (χ4n) is 1.77. The van der Waals surface area contributed by atoms with E-state index < -0.39 is 0 Å². The average Bonchev–Trinajstić information content (AvgIpc) is 2.38. The van der Waals surface area contributed by atoms with Crippen molar-refractivity contribution in [3.8, 4) is 5.75 Å². The van der Waals surface area contributed by atoms with E-state index >= 15 is 0 Å². The second kappa shape index (κ2) is 9.61. The van der Waals surface area contributed by atoms with Gasteiger partial charge in [0.15, 0.2) is 6.61 Å². The molecule has 1 rings (SSSR count). The van der Waals surface area contributed by atoms with E-state index in [0.717, 1.165) is 17.7 Å². The molecule has 0 heterocycles. The smallest absolute Gasteiger partial charge is 0.344 e. The Balaban J connectivity index is 0.00000361. The molecular formula is C15H24ClNO3. The van der Waals surface area contributed by atoms with Crippen molar-refractivity contribution in [2.75, 3.05) is 19.8 Å². The van der Waals surface area contributed by atoms with Crippen LogP contribution in [0.4, 0.5) is 0 Å². The van der Waals surface area contributed by atoms with Crippen LogP contribution in [0.25, 0.3) is 0 Å². The normalized spacial score (nSPS) is 10.1. The third kappa shape index (κ3) is 5.80. The number of ether oxygens (including phenoxy) is 2. The van der Waals surface area contributed by atoms with Crippen molar-refractivity contribution in [2.45, 2.75) is 33.1 Å². The molecule has 0 aromatic heterocycles. The van der Waals surface area contributed by atoms with Gasteiger partial charge >= 0.3 is 5.97 Å². The van der Waals surface area contributed by atoms with Gasteiger partial charge in [-0.1, -0.05) is 26.0 Å². The summed E-state index contributed by atoms with van der Waals surface area (Å²) in [5.41, 5.74) is 7.79. The van der Waals surface area contributed by atoms with E-state index in [-0.39, 0.29) is 25.0 Å². The molecule has 20 heavy (non-hydrogen) atoms. The number of carbonyl (C=O) groups excluding carboxylic acids is 1. The minimum absolute atomic E-state index is 0. The maximum atomic E-state index is 11.3. The Hall–Kier alpha value is -1.26. The SMILES string of the molecule is CCOC(=O)COc1cc(C(C)C)ccc1CCN.Cl. The van der Waals surface area contributed by atoms with E-state index in [4.69, 9.17) is 15.2 Å². The van der Waals surface area contributed by atoms with Gasteiger partial charge < -0.3 is 15.2 Å². The van der Waals surface area contributed by atoms with Crippen LogP contribution in [0.2, 0.25) is 0 Å². The highest BCUT2D eigenvalue weighted by molar-refractivity contribution is 5.85. The van der Waals surface area contributed by atoms with Gasteiger partial charge in [0.05, 0.1) is 6.61 Å². The first kappa shape index (κ1) is 18.7. The molecule has 4 nitrogen and oxygen atoms in total. The average molecular weight is 302 g/mol. The fraction of sp³-hybridized carbons (Fsp3) is 0.533. The van der Waals surface area contributed by atoms with Gasteiger partial charge in [0, 0.05) is 0 Å². The number of hydrogen-bond acceptors (Lipinski definition) is 4. The summed E-state index contributed by atoms with van der Waals surface area (Å²) in [6.07, 6.45) is 0.733. The number of halogens is 1. The monoisotopic (exact) mass is 301 g/mol. The lowest BCUT2D eigenvalue weighted by molar-refractivity contribution is -0.145. The van der Waals surface area contributed by atoms with Gasteiger partial charge in [-0.15, -0.1) is 12.4 Å². The topological polar surface area (TPSA) is 61.5 Å². The van der Waals surface area contributed by atoms with Crippen molar-refractivity contribution < 1.29 is 14.3 Å². The van der Waals surface area contributed by atoms with Crippen LogP contribution in [0.5, 0.6) is 5.75 Å². The van der Waals surface area contributed by atoms with E-state index in [1.807, 2.05) is 12.1 Å². The van der Waals surface area contributed by atoms with Crippen LogP contribution in [0.1, 0.15) is 37.8 Å². The molecule has 114 valence electrons. The number of hydrogen-bond donors (Lipinski definition) is 1. The van der Waals surface area contributed by atoms with Crippen molar-refractivity contribution in [3.05, 3.63) is 29.3 Å². The molecule has 0 amide bonds. The van der Waals surface area contributed by atoms with Gasteiger partial charge in [0.2, 0.25) is 0 Å². The van der Waals surface area contributed by atoms with Gasteiger partial charge in [-0.25, -0.2) is 4.79 Å². The zero-order valence-electron chi connectivity index (χ0n) is 12.3. The fourth-order valence-corrected chi connectivity index (χ4v) is 1.77. The first-order chi connectivity index (χ1) is 9.08. The molecule has 0 aliphatic rings. The predicted octanol–water partition coefficient (Wildman–Crippen LogP) is 2.67. The Kier molecular flexibility index (Phi) is 9.01. The summed E-state index contributed by atoms with van der Waals surface area (Å²) in [6, 6.07) is 6.07. The van der Waals surface area contributed by atoms with Crippen molar-refractivity contribution in [2.24, 2.45) is 5.73 Å². The van der Waals surface area contributed by atoms with E-state index in [9.17, 15) is 4.79 Å². The first-order valence-corrected chi connectivity index (χ1v) is 6.69. The molecule has 0 aliphatic heterocycles. The first-order valence-electron chi connectivity index (χ1n) is 6.69. The highest BCUT2D eigenvalue weighted by atomic mass is 35.5. The summed E-state index contributed by atoms with van der Waals surface area (Å²) in [6.45, 7) is 6.87. The molecular weight excluding hydrogens is 278 g/mol. The number of benzene rings is 1. The summed E-state index contributed by atoms with van der Waals surface area (Å²) in [5.74, 6) is 0.790. The molecule has 0 unspecified atom stereocenters. The van der Waals surface area contributed by atoms with Gasteiger partial charge in [-0.3, -0.25) is 0 Å². The lowest BCUT2D eigenvalue weighted by atomic mass is 10.00. The van der Waals surface area contributed by atoms with Gasteiger partial charge in [0.25, 0.3) is 0 Å². The van der Waals surface area contributed by atoms with E-state index in [0.29, 0.717) is 19.1 Å². The number of nitrogens with two attached hydrogens (primary N) is 1. The van der Waals surface area contributed by atoms with E-state index in [1.54, 1.807) is 6.92 Å². The molecule has 0 atom stereocenters. The molecule has 0 saturated heterocycles. The van der Waals surface area contributed by atoms with Crippen LogP contribution < -0.4 is 10.5 Å². The molecule has 1 aromatic carbocycles. The molecule has 0 saturated carbocycles. The van der Waals surface area contributed by atoms with Gasteiger partial charge in [-0.05, 0) is 43.0 Å². The lowest BCUT2D eigenvalue weighted by Crippen LogP contribution is -2.16.